The molecule has 2 rings (SSSR count). The molecule has 0 atom stereocenters. The highest BCUT2D eigenvalue weighted by molar-refractivity contribution is 9.13. The Bertz CT molecular complexity index is 531. The van der Waals surface area contributed by atoms with Gasteiger partial charge in [-0.2, -0.15) is 0 Å². The van der Waals surface area contributed by atoms with Crippen LogP contribution in [0.15, 0.2) is 20.7 Å². The molecule has 8 heteroatoms. The van der Waals surface area contributed by atoms with Crippen LogP contribution in [0.25, 0.3) is 0 Å². The molecule has 1 N–H and O–H groups in total. The van der Waals surface area contributed by atoms with Gasteiger partial charge in [0.25, 0.3) is 5.91 Å². The largest absolute Gasteiger partial charge is 0.344 e. The zero-order chi connectivity index (χ0) is 12.4. The Labute approximate surface area is 118 Å². The van der Waals surface area contributed by atoms with Gasteiger partial charge in [-0.05, 0) is 37.9 Å². The molecule has 0 saturated heterocycles. The maximum Gasteiger partial charge on any atom is 0.261 e. The van der Waals surface area contributed by atoms with Crippen molar-refractivity contribution in [2.24, 2.45) is 7.05 Å². The summed E-state index contributed by atoms with van der Waals surface area (Å²) in [5, 5.41) is 10.4. The normalized spacial score (nSPS) is 10.5. The number of hydrogen-bond acceptors (Lipinski definition) is 4. The quantitative estimate of drug-likeness (QED) is 0.890. The predicted octanol–water partition coefficient (Wildman–Crippen LogP) is 2.33. The van der Waals surface area contributed by atoms with Crippen LogP contribution in [0, 0.1) is 0 Å². The molecule has 0 aliphatic carbocycles. The van der Waals surface area contributed by atoms with Crippen LogP contribution in [0.3, 0.4) is 0 Å². The van der Waals surface area contributed by atoms with Gasteiger partial charge in [0.15, 0.2) is 5.82 Å². The molecule has 0 unspecified atom stereocenters. The SMILES string of the molecule is Cn1cnnc1CNC(=O)c1cc(Br)c(Br)s1. The van der Waals surface area contributed by atoms with Crippen LogP contribution in [0.2, 0.25) is 0 Å². The van der Waals surface area contributed by atoms with E-state index < -0.39 is 0 Å². The zero-order valence-corrected chi connectivity index (χ0v) is 12.8. The molecule has 17 heavy (non-hydrogen) atoms. The molecule has 90 valence electrons. The Kier molecular flexibility index (Phi) is 3.95. The fourth-order valence-corrected chi connectivity index (χ4v) is 3.12. The molecule has 0 bridgehead atoms. The first-order valence-corrected chi connectivity index (χ1v) is 7.04. The first-order chi connectivity index (χ1) is 8.08. The molecule has 0 saturated carbocycles. The Balaban J connectivity index is 2.00. The van der Waals surface area contributed by atoms with E-state index in [0.717, 1.165) is 8.26 Å². The van der Waals surface area contributed by atoms with Gasteiger partial charge in [0.2, 0.25) is 0 Å². The minimum atomic E-state index is -0.121. The van der Waals surface area contributed by atoms with Gasteiger partial charge in [-0.15, -0.1) is 21.5 Å². The second-order valence-electron chi connectivity index (χ2n) is 3.27. The summed E-state index contributed by atoms with van der Waals surface area (Å²) in [5.74, 6) is 0.595. The van der Waals surface area contributed by atoms with E-state index in [1.165, 1.54) is 11.3 Å². The maximum absolute atomic E-state index is 11.8. The third-order valence-corrected chi connectivity index (χ3v) is 5.34. The van der Waals surface area contributed by atoms with Gasteiger partial charge in [-0.3, -0.25) is 4.79 Å². The summed E-state index contributed by atoms with van der Waals surface area (Å²) in [5.41, 5.74) is 0. The summed E-state index contributed by atoms with van der Waals surface area (Å²) in [6.07, 6.45) is 1.60. The lowest BCUT2D eigenvalue weighted by atomic mass is 10.4. The number of rotatable bonds is 3. The van der Waals surface area contributed by atoms with Crippen molar-refractivity contribution in [3.05, 3.63) is 31.4 Å². The number of carbonyl (C=O) groups excluding carboxylic acids is 1. The van der Waals surface area contributed by atoms with Crippen molar-refractivity contribution < 1.29 is 4.79 Å². The van der Waals surface area contributed by atoms with Crippen molar-refractivity contribution in [3.63, 3.8) is 0 Å². The molecule has 2 heterocycles. The van der Waals surface area contributed by atoms with Crippen molar-refractivity contribution in [1.82, 2.24) is 20.1 Å². The van der Waals surface area contributed by atoms with E-state index in [0.29, 0.717) is 17.2 Å². The number of nitrogens with zero attached hydrogens (tertiary/aromatic N) is 3. The van der Waals surface area contributed by atoms with Gasteiger partial charge in [0.05, 0.1) is 15.2 Å². The van der Waals surface area contributed by atoms with Gasteiger partial charge in [0.1, 0.15) is 6.33 Å². The summed E-state index contributed by atoms with van der Waals surface area (Å²) in [4.78, 5) is 12.5. The van der Waals surface area contributed by atoms with Crippen LogP contribution < -0.4 is 5.32 Å². The van der Waals surface area contributed by atoms with Gasteiger partial charge < -0.3 is 9.88 Å². The lowest BCUT2D eigenvalue weighted by molar-refractivity contribution is 0.0953. The molecule has 0 fully saturated rings. The van der Waals surface area contributed by atoms with Crippen molar-refractivity contribution in [3.8, 4) is 0 Å². The van der Waals surface area contributed by atoms with Gasteiger partial charge in [0, 0.05) is 11.5 Å². The first-order valence-electron chi connectivity index (χ1n) is 4.64. The first kappa shape index (κ1) is 12.7. The van der Waals surface area contributed by atoms with Crippen molar-refractivity contribution in [2.45, 2.75) is 6.54 Å². The van der Waals surface area contributed by atoms with E-state index in [9.17, 15) is 4.79 Å². The summed E-state index contributed by atoms with van der Waals surface area (Å²) in [7, 11) is 1.83. The maximum atomic E-state index is 11.8. The standard InChI is InChI=1S/C9H8Br2N4OS/c1-15-4-13-14-7(15)3-12-9(16)6-2-5(10)8(11)17-6/h2,4H,3H2,1H3,(H,12,16). The summed E-state index contributed by atoms with van der Waals surface area (Å²) in [6.45, 7) is 0.364. The molecule has 2 aromatic rings. The Morgan fingerprint density at radius 1 is 1.59 bits per heavy atom. The third kappa shape index (κ3) is 2.93. The van der Waals surface area contributed by atoms with E-state index in [1.54, 1.807) is 17.0 Å². The van der Waals surface area contributed by atoms with E-state index >= 15 is 0 Å². The molecule has 2 aromatic heterocycles. The Morgan fingerprint density at radius 2 is 2.35 bits per heavy atom. The Morgan fingerprint density at radius 3 is 2.88 bits per heavy atom. The molecular weight excluding hydrogens is 372 g/mol. The molecule has 0 radical (unpaired) electrons. The molecule has 5 nitrogen and oxygen atoms in total. The number of nitrogens with one attached hydrogen (secondary N) is 1. The Hall–Kier alpha value is -0.730. The molecule has 0 aliphatic rings. The minimum absolute atomic E-state index is 0.121. The van der Waals surface area contributed by atoms with Crippen molar-refractivity contribution in [2.75, 3.05) is 0 Å². The average Bonchev–Trinajstić information content (AvgIpc) is 2.83. The van der Waals surface area contributed by atoms with Crippen molar-refractivity contribution >= 4 is 49.1 Å². The van der Waals surface area contributed by atoms with Crippen LogP contribution in [0.5, 0.6) is 0 Å². The van der Waals surface area contributed by atoms with Crippen molar-refractivity contribution in [1.29, 1.82) is 0 Å². The summed E-state index contributed by atoms with van der Waals surface area (Å²) in [6, 6.07) is 1.78. The number of thiophene rings is 1. The summed E-state index contributed by atoms with van der Waals surface area (Å²) >= 11 is 8.07. The number of hydrogen-bond donors (Lipinski definition) is 1. The monoisotopic (exact) mass is 378 g/mol. The fourth-order valence-electron chi connectivity index (χ4n) is 1.17. The topological polar surface area (TPSA) is 59.8 Å². The number of carbonyl (C=O) groups is 1. The number of aryl methyl sites for hydroxylation is 1. The minimum Gasteiger partial charge on any atom is -0.344 e. The lowest BCUT2D eigenvalue weighted by Gasteiger charge is -2.02. The zero-order valence-electron chi connectivity index (χ0n) is 8.78. The number of amides is 1. The highest BCUT2D eigenvalue weighted by atomic mass is 79.9. The smallest absolute Gasteiger partial charge is 0.261 e. The number of halogens is 2. The van der Waals surface area contributed by atoms with Crippen LogP contribution in [0.4, 0.5) is 0 Å². The summed E-state index contributed by atoms with van der Waals surface area (Å²) < 4.78 is 3.55. The molecule has 0 aliphatic heterocycles. The molecule has 0 spiro atoms. The number of aromatic nitrogens is 3. The predicted molar refractivity (Wildman–Crippen MR) is 71.9 cm³/mol. The van der Waals surface area contributed by atoms with E-state index in [4.69, 9.17) is 0 Å². The fraction of sp³-hybridized carbons (Fsp3) is 0.222. The van der Waals surface area contributed by atoms with E-state index in [-0.39, 0.29) is 5.91 Å². The lowest BCUT2D eigenvalue weighted by Crippen LogP contribution is -2.23. The highest BCUT2D eigenvalue weighted by Crippen LogP contribution is 2.32. The van der Waals surface area contributed by atoms with E-state index in [1.807, 2.05) is 7.05 Å². The molecule has 0 aromatic carbocycles. The van der Waals surface area contributed by atoms with Crippen LogP contribution in [-0.4, -0.2) is 20.7 Å². The van der Waals surface area contributed by atoms with E-state index in [2.05, 4.69) is 47.4 Å². The van der Waals surface area contributed by atoms with Gasteiger partial charge in [-0.1, -0.05) is 0 Å². The highest BCUT2D eigenvalue weighted by Gasteiger charge is 2.12. The van der Waals surface area contributed by atoms with Gasteiger partial charge >= 0.3 is 0 Å². The van der Waals surface area contributed by atoms with Crippen LogP contribution >= 0.6 is 43.2 Å². The third-order valence-electron chi connectivity index (χ3n) is 2.08. The van der Waals surface area contributed by atoms with Gasteiger partial charge in [-0.25, -0.2) is 0 Å². The second kappa shape index (κ2) is 5.28. The molecular formula is C9H8Br2N4OS. The van der Waals surface area contributed by atoms with Crippen LogP contribution in [-0.2, 0) is 13.6 Å². The van der Waals surface area contributed by atoms with Crippen LogP contribution in [0.1, 0.15) is 15.5 Å². The second-order valence-corrected chi connectivity index (χ2v) is 6.50. The molecule has 1 amide bonds. The average molecular weight is 380 g/mol.